The van der Waals surface area contributed by atoms with Crippen LogP contribution in [0.25, 0.3) is 16.7 Å². The third kappa shape index (κ3) is 4.61. The summed E-state index contributed by atoms with van der Waals surface area (Å²) >= 11 is 0. The summed E-state index contributed by atoms with van der Waals surface area (Å²) in [7, 11) is 1.91. The van der Waals surface area contributed by atoms with Gasteiger partial charge in [0.25, 0.3) is 0 Å². The monoisotopic (exact) mass is 461 g/mol. The number of fused-ring (bicyclic) bond motifs is 1. The molecule has 4 heterocycles. The maximum absolute atomic E-state index is 6.02. The SMILES string of the molecule is Cc1c2cc(C(C)C)ccc2nn1-c1cc(N2CCOCC2)nc(OCCc2cnn(C)c2)n1. The molecule has 9 heteroatoms. The summed E-state index contributed by atoms with van der Waals surface area (Å²) in [4.78, 5) is 11.7. The van der Waals surface area contributed by atoms with Crippen LogP contribution in [0.2, 0.25) is 0 Å². The number of anilines is 1. The fourth-order valence-electron chi connectivity index (χ4n) is 4.20. The highest BCUT2D eigenvalue weighted by atomic mass is 16.5. The Morgan fingerprint density at radius 1 is 1.09 bits per heavy atom. The number of benzene rings is 1. The molecule has 0 unspecified atom stereocenters. The maximum Gasteiger partial charge on any atom is 0.320 e. The van der Waals surface area contributed by atoms with Crippen LogP contribution in [0.15, 0.2) is 36.7 Å². The van der Waals surface area contributed by atoms with E-state index in [0.29, 0.717) is 37.6 Å². The van der Waals surface area contributed by atoms with Crippen LogP contribution >= 0.6 is 0 Å². The molecule has 1 aliphatic rings. The lowest BCUT2D eigenvalue weighted by atomic mass is 10.0. The van der Waals surface area contributed by atoms with E-state index in [1.807, 2.05) is 30.2 Å². The van der Waals surface area contributed by atoms with Crippen molar-refractivity contribution in [3.05, 3.63) is 53.5 Å². The van der Waals surface area contributed by atoms with Gasteiger partial charge in [-0.1, -0.05) is 19.9 Å². The molecule has 9 nitrogen and oxygen atoms in total. The summed E-state index contributed by atoms with van der Waals surface area (Å²) in [5.74, 6) is 1.98. The van der Waals surface area contributed by atoms with E-state index in [2.05, 4.69) is 49.0 Å². The second-order valence-corrected chi connectivity index (χ2v) is 9.02. The van der Waals surface area contributed by atoms with Gasteiger partial charge in [-0.25, -0.2) is 4.68 Å². The number of hydrogen-bond acceptors (Lipinski definition) is 7. The van der Waals surface area contributed by atoms with Gasteiger partial charge in [-0.3, -0.25) is 4.68 Å². The zero-order chi connectivity index (χ0) is 23.7. The first kappa shape index (κ1) is 22.3. The molecule has 4 aromatic rings. The Hall–Kier alpha value is -3.46. The van der Waals surface area contributed by atoms with Gasteiger partial charge in [-0.2, -0.15) is 20.2 Å². The van der Waals surface area contributed by atoms with Crippen molar-refractivity contribution in [2.24, 2.45) is 7.05 Å². The van der Waals surface area contributed by atoms with Gasteiger partial charge in [0.15, 0.2) is 5.82 Å². The first-order chi connectivity index (χ1) is 16.5. The van der Waals surface area contributed by atoms with Gasteiger partial charge in [-0.15, -0.1) is 0 Å². The number of aryl methyl sites for hydroxylation is 2. The van der Waals surface area contributed by atoms with Crippen LogP contribution in [0, 0.1) is 6.92 Å². The molecular formula is C25H31N7O2. The maximum atomic E-state index is 6.02. The van der Waals surface area contributed by atoms with E-state index < -0.39 is 0 Å². The van der Waals surface area contributed by atoms with Gasteiger partial charge < -0.3 is 14.4 Å². The Labute approximate surface area is 199 Å². The Morgan fingerprint density at radius 2 is 1.88 bits per heavy atom. The summed E-state index contributed by atoms with van der Waals surface area (Å²) < 4.78 is 15.2. The van der Waals surface area contributed by atoms with Crippen molar-refractivity contribution >= 4 is 16.7 Å². The van der Waals surface area contributed by atoms with Crippen molar-refractivity contribution < 1.29 is 9.47 Å². The summed E-state index contributed by atoms with van der Waals surface area (Å²) in [5, 5.41) is 10.2. The van der Waals surface area contributed by atoms with E-state index >= 15 is 0 Å². The van der Waals surface area contributed by atoms with E-state index in [9.17, 15) is 0 Å². The number of aromatic nitrogens is 6. The molecule has 1 fully saturated rings. The molecule has 0 atom stereocenters. The third-order valence-corrected chi connectivity index (χ3v) is 6.21. The molecule has 5 rings (SSSR count). The molecule has 1 aliphatic heterocycles. The average Bonchev–Trinajstić information content (AvgIpc) is 3.41. The first-order valence-electron chi connectivity index (χ1n) is 11.8. The highest BCUT2D eigenvalue weighted by Gasteiger charge is 2.19. The fraction of sp³-hybridized carbons (Fsp3) is 0.440. The van der Waals surface area contributed by atoms with E-state index in [1.165, 1.54) is 5.56 Å². The largest absolute Gasteiger partial charge is 0.463 e. The number of hydrogen-bond donors (Lipinski definition) is 0. The molecule has 178 valence electrons. The Morgan fingerprint density at radius 3 is 2.62 bits per heavy atom. The normalized spacial score (nSPS) is 14.3. The molecular weight excluding hydrogens is 430 g/mol. The Balaban J connectivity index is 1.48. The molecule has 1 saturated heterocycles. The number of rotatable bonds is 7. The van der Waals surface area contributed by atoms with Gasteiger partial charge in [0, 0.05) is 44.2 Å². The molecule has 1 aromatic carbocycles. The lowest BCUT2D eigenvalue weighted by Gasteiger charge is -2.28. The van der Waals surface area contributed by atoms with Gasteiger partial charge in [0.1, 0.15) is 5.82 Å². The second kappa shape index (κ2) is 9.42. The highest BCUT2D eigenvalue weighted by molar-refractivity contribution is 5.83. The predicted octanol–water partition coefficient (Wildman–Crippen LogP) is 3.44. The highest BCUT2D eigenvalue weighted by Crippen LogP contribution is 2.27. The Kier molecular flexibility index (Phi) is 6.19. The predicted molar refractivity (Wildman–Crippen MR) is 131 cm³/mol. The van der Waals surface area contributed by atoms with Crippen molar-refractivity contribution in [1.82, 2.24) is 29.5 Å². The fourth-order valence-corrected chi connectivity index (χ4v) is 4.20. The van der Waals surface area contributed by atoms with E-state index in [-0.39, 0.29) is 0 Å². The molecule has 0 saturated carbocycles. The standard InChI is InChI=1S/C25H31N7O2/c1-17(2)20-5-6-22-21(13-20)18(3)32(29-22)24-14-23(31-8-11-33-12-9-31)27-25(28-24)34-10-7-19-15-26-30(4)16-19/h5-6,13-17H,7-12H2,1-4H3. The lowest BCUT2D eigenvalue weighted by Crippen LogP contribution is -2.37. The van der Waals surface area contributed by atoms with Gasteiger partial charge >= 0.3 is 6.01 Å². The average molecular weight is 462 g/mol. The number of morpholine rings is 1. The van der Waals surface area contributed by atoms with E-state index in [4.69, 9.17) is 24.5 Å². The van der Waals surface area contributed by atoms with Crippen molar-refractivity contribution in [2.45, 2.75) is 33.1 Å². The molecule has 0 radical (unpaired) electrons. The molecule has 0 amide bonds. The Bertz CT molecular complexity index is 1290. The van der Waals surface area contributed by atoms with Crippen LogP contribution in [0.4, 0.5) is 5.82 Å². The zero-order valence-corrected chi connectivity index (χ0v) is 20.2. The molecule has 0 spiro atoms. The summed E-state index contributed by atoms with van der Waals surface area (Å²) in [6, 6.07) is 8.81. The van der Waals surface area contributed by atoms with Crippen LogP contribution in [0.3, 0.4) is 0 Å². The van der Waals surface area contributed by atoms with Crippen molar-refractivity contribution in [3.63, 3.8) is 0 Å². The van der Waals surface area contributed by atoms with Crippen LogP contribution in [0.1, 0.15) is 36.6 Å². The number of nitrogens with zero attached hydrogens (tertiary/aromatic N) is 7. The summed E-state index contributed by atoms with van der Waals surface area (Å²) in [6.07, 6.45) is 4.57. The van der Waals surface area contributed by atoms with Crippen LogP contribution in [-0.2, 0) is 18.2 Å². The molecule has 34 heavy (non-hydrogen) atoms. The number of ether oxygens (including phenoxy) is 2. The summed E-state index contributed by atoms with van der Waals surface area (Å²) in [6.45, 7) is 9.88. The van der Waals surface area contributed by atoms with Crippen molar-refractivity contribution in [1.29, 1.82) is 0 Å². The van der Waals surface area contributed by atoms with E-state index in [1.54, 1.807) is 4.68 Å². The van der Waals surface area contributed by atoms with Gasteiger partial charge in [0.05, 0.1) is 37.2 Å². The smallest absolute Gasteiger partial charge is 0.320 e. The topological polar surface area (TPSA) is 83.1 Å². The minimum absolute atomic E-state index is 0.352. The zero-order valence-electron chi connectivity index (χ0n) is 20.2. The first-order valence-corrected chi connectivity index (χ1v) is 11.8. The van der Waals surface area contributed by atoms with Crippen LogP contribution in [-0.4, -0.2) is 62.4 Å². The van der Waals surface area contributed by atoms with Crippen molar-refractivity contribution in [2.75, 3.05) is 37.8 Å². The lowest BCUT2D eigenvalue weighted by molar-refractivity contribution is 0.122. The van der Waals surface area contributed by atoms with Crippen LogP contribution < -0.4 is 9.64 Å². The third-order valence-electron chi connectivity index (χ3n) is 6.21. The van der Waals surface area contributed by atoms with Gasteiger partial charge in [-0.05, 0) is 36.1 Å². The minimum atomic E-state index is 0.352. The van der Waals surface area contributed by atoms with Crippen LogP contribution in [0.5, 0.6) is 6.01 Å². The van der Waals surface area contributed by atoms with Gasteiger partial charge in [0.2, 0.25) is 0 Å². The molecule has 3 aromatic heterocycles. The second-order valence-electron chi connectivity index (χ2n) is 9.02. The van der Waals surface area contributed by atoms with E-state index in [0.717, 1.165) is 47.5 Å². The quantitative estimate of drug-likeness (QED) is 0.417. The minimum Gasteiger partial charge on any atom is -0.463 e. The molecule has 0 bridgehead atoms. The molecule has 0 aliphatic carbocycles. The summed E-state index contributed by atoms with van der Waals surface area (Å²) in [5.41, 5.74) is 4.41. The molecule has 0 N–H and O–H groups in total. The van der Waals surface area contributed by atoms with Crippen molar-refractivity contribution in [3.8, 4) is 11.8 Å².